The molecule has 7 nitrogen and oxygen atoms in total. The van der Waals surface area contributed by atoms with E-state index in [-0.39, 0.29) is 45.5 Å². The summed E-state index contributed by atoms with van der Waals surface area (Å²) in [4.78, 5) is 29.8. The molecule has 2 amide bonds. The Bertz CT molecular complexity index is 1710. The van der Waals surface area contributed by atoms with Crippen LogP contribution in [-0.2, 0) is 32.6 Å². The fourth-order valence-corrected chi connectivity index (χ4v) is 6.86. The Hall–Kier alpha value is -3.37. The molecule has 0 aliphatic heterocycles. The number of halogens is 3. The van der Waals surface area contributed by atoms with Crippen molar-refractivity contribution in [1.29, 1.82) is 0 Å². The first kappa shape index (κ1) is 34.5. The molecule has 45 heavy (non-hydrogen) atoms. The van der Waals surface area contributed by atoms with Gasteiger partial charge in [-0.1, -0.05) is 113 Å². The van der Waals surface area contributed by atoms with Crippen molar-refractivity contribution in [2.45, 2.75) is 50.2 Å². The van der Waals surface area contributed by atoms with E-state index in [0.717, 1.165) is 19.9 Å². The normalized spacial score (nSPS) is 12.6. The Morgan fingerprint density at radius 1 is 0.844 bits per heavy atom. The predicted molar refractivity (Wildman–Crippen MR) is 184 cm³/mol. The second-order valence-corrected chi connectivity index (χ2v) is 14.1. The Labute approximate surface area is 283 Å². The van der Waals surface area contributed by atoms with E-state index in [9.17, 15) is 18.0 Å². The number of sulfonamides is 1. The summed E-state index contributed by atoms with van der Waals surface area (Å²) in [7, 11) is -4.29. The molecular formula is C34H34BrCl2N3O4S. The number of hydrogen-bond donors (Lipinski definition) is 1. The van der Waals surface area contributed by atoms with E-state index in [0.29, 0.717) is 6.42 Å². The van der Waals surface area contributed by atoms with Crippen molar-refractivity contribution in [3.05, 3.63) is 129 Å². The molecule has 2 atom stereocenters. The van der Waals surface area contributed by atoms with Gasteiger partial charge >= 0.3 is 0 Å². The Morgan fingerprint density at radius 2 is 1.47 bits per heavy atom. The molecule has 0 saturated carbocycles. The number of benzene rings is 4. The van der Waals surface area contributed by atoms with E-state index >= 15 is 0 Å². The van der Waals surface area contributed by atoms with Crippen LogP contribution in [0.2, 0.25) is 10.0 Å². The highest BCUT2D eigenvalue weighted by Crippen LogP contribution is 2.35. The van der Waals surface area contributed by atoms with Crippen LogP contribution in [0.3, 0.4) is 0 Å². The van der Waals surface area contributed by atoms with Crippen LogP contribution in [0, 0.1) is 0 Å². The summed E-state index contributed by atoms with van der Waals surface area (Å²) in [5.74, 6) is -0.925. The smallest absolute Gasteiger partial charge is 0.264 e. The average Bonchev–Trinajstić information content (AvgIpc) is 3.04. The third kappa shape index (κ3) is 8.88. The van der Waals surface area contributed by atoms with E-state index in [1.54, 1.807) is 24.3 Å². The summed E-state index contributed by atoms with van der Waals surface area (Å²) in [5, 5.41) is 3.15. The van der Waals surface area contributed by atoms with Crippen molar-refractivity contribution in [3.63, 3.8) is 0 Å². The van der Waals surface area contributed by atoms with E-state index in [2.05, 4.69) is 21.2 Å². The molecule has 0 aliphatic rings. The standard InChI is InChI=1S/C34H34BrCl2N3O4S/c1-3-24(2)38-34(42)31(21-25-11-6-4-7-12-25)39(22-26-17-19-27(35)20-18-26)32(41)23-40(30-16-10-15-29(36)33(30)37)45(43,44)28-13-8-5-9-14-28/h4-20,24,31H,3,21-23H2,1-2H3,(H,38,42). The Morgan fingerprint density at radius 3 is 2.09 bits per heavy atom. The topological polar surface area (TPSA) is 86.8 Å². The first-order valence-electron chi connectivity index (χ1n) is 14.4. The van der Waals surface area contributed by atoms with Crippen LogP contribution in [0.4, 0.5) is 5.69 Å². The summed E-state index contributed by atoms with van der Waals surface area (Å²) in [6.45, 7) is 3.28. The molecule has 0 aromatic heterocycles. The highest BCUT2D eigenvalue weighted by Gasteiger charge is 2.35. The summed E-state index contributed by atoms with van der Waals surface area (Å²) < 4.78 is 30.0. The summed E-state index contributed by atoms with van der Waals surface area (Å²) >= 11 is 16.3. The van der Waals surface area contributed by atoms with Crippen molar-refractivity contribution >= 4 is 66.7 Å². The minimum Gasteiger partial charge on any atom is -0.352 e. The molecule has 4 rings (SSSR count). The lowest BCUT2D eigenvalue weighted by Gasteiger charge is -2.34. The number of nitrogens with zero attached hydrogens (tertiary/aromatic N) is 2. The van der Waals surface area contributed by atoms with E-state index in [1.165, 1.54) is 29.2 Å². The van der Waals surface area contributed by atoms with Crippen molar-refractivity contribution < 1.29 is 18.0 Å². The number of carbonyl (C=O) groups excluding carboxylic acids is 2. The Kier molecular flexibility index (Phi) is 12.1. The summed E-state index contributed by atoms with van der Waals surface area (Å²) in [5.41, 5.74) is 1.66. The van der Waals surface area contributed by atoms with Crippen molar-refractivity contribution in [2.75, 3.05) is 10.8 Å². The molecule has 4 aromatic carbocycles. The van der Waals surface area contributed by atoms with Crippen molar-refractivity contribution in [2.24, 2.45) is 0 Å². The second kappa shape index (κ2) is 15.8. The summed E-state index contributed by atoms with van der Waals surface area (Å²) in [6.07, 6.45) is 0.912. The van der Waals surface area contributed by atoms with Crippen LogP contribution < -0.4 is 9.62 Å². The molecule has 0 spiro atoms. The van der Waals surface area contributed by atoms with Gasteiger partial charge < -0.3 is 10.2 Å². The lowest BCUT2D eigenvalue weighted by atomic mass is 10.0. The minimum atomic E-state index is -4.29. The molecule has 0 saturated heterocycles. The fraction of sp³-hybridized carbons (Fsp3) is 0.235. The van der Waals surface area contributed by atoms with Crippen LogP contribution in [-0.4, -0.2) is 43.8 Å². The first-order chi connectivity index (χ1) is 21.5. The minimum absolute atomic E-state index is 0.0127. The summed E-state index contributed by atoms with van der Waals surface area (Å²) in [6, 6.07) is 28.1. The van der Waals surface area contributed by atoms with Crippen LogP contribution in [0.1, 0.15) is 31.4 Å². The Balaban J connectivity index is 1.83. The number of rotatable bonds is 13. The molecule has 2 unspecified atom stereocenters. The highest BCUT2D eigenvalue weighted by molar-refractivity contribution is 9.10. The number of anilines is 1. The van der Waals surface area contributed by atoms with Crippen LogP contribution in [0.5, 0.6) is 0 Å². The molecule has 1 N–H and O–H groups in total. The van der Waals surface area contributed by atoms with Gasteiger partial charge in [0.25, 0.3) is 10.0 Å². The molecule has 0 fully saturated rings. The number of carbonyl (C=O) groups is 2. The van der Waals surface area contributed by atoms with Gasteiger partial charge in [-0.2, -0.15) is 0 Å². The predicted octanol–water partition coefficient (Wildman–Crippen LogP) is 7.51. The van der Waals surface area contributed by atoms with Crippen LogP contribution in [0.15, 0.2) is 112 Å². The van der Waals surface area contributed by atoms with Crippen LogP contribution in [0.25, 0.3) is 0 Å². The third-order valence-electron chi connectivity index (χ3n) is 7.35. The van der Waals surface area contributed by atoms with Crippen LogP contribution >= 0.6 is 39.1 Å². The van der Waals surface area contributed by atoms with Crippen molar-refractivity contribution in [3.8, 4) is 0 Å². The SMILES string of the molecule is CCC(C)NC(=O)C(Cc1ccccc1)N(Cc1ccc(Br)cc1)C(=O)CN(c1cccc(Cl)c1Cl)S(=O)(=O)c1ccccc1. The zero-order valence-electron chi connectivity index (χ0n) is 24.9. The van der Waals surface area contributed by atoms with Gasteiger partial charge in [-0.25, -0.2) is 8.42 Å². The van der Waals surface area contributed by atoms with E-state index in [1.807, 2.05) is 68.4 Å². The van der Waals surface area contributed by atoms with Gasteiger partial charge in [-0.05, 0) is 60.9 Å². The maximum absolute atomic E-state index is 14.5. The van der Waals surface area contributed by atoms with Gasteiger partial charge in [0.2, 0.25) is 11.8 Å². The molecule has 0 radical (unpaired) electrons. The number of amides is 2. The molecule has 0 heterocycles. The maximum Gasteiger partial charge on any atom is 0.264 e. The molecule has 11 heteroatoms. The monoisotopic (exact) mass is 729 g/mol. The largest absolute Gasteiger partial charge is 0.352 e. The van der Waals surface area contributed by atoms with Crippen molar-refractivity contribution in [1.82, 2.24) is 10.2 Å². The highest BCUT2D eigenvalue weighted by atomic mass is 79.9. The zero-order valence-corrected chi connectivity index (χ0v) is 28.8. The fourth-order valence-electron chi connectivity index (χ4n) is 4.70. The van der Waals surface area contributed by atoms with Gasteiger partial charge in [0.1, 0.15) is 12.6 Å². The van der Waals surface area contributed by atoms with Gasteiger partial charge in [-0.15, -0.1) is 0 Å². The number of nitrogens with one attached hydrogen (secondary N) is 1. The molecular weight excluding hydrogens is 697 g/mol. The zero-order chi connectivity index (χ0) is 32.6. The molecule has 0 aliphatic carbocycles. The quantitative estimate of drug-likeness (QED) is 0.154. The van der Waals surface area contributed by atoms with Gasteiger partial charge in [0, 0.05) is 23.5 Å². The lowest BCUT2D eigenvalue weighted by Crippen LogP contribution is -2.54. The first-order valence-corrected chi connectivity index (χ1v) is 17.4. The van der Waals surface area contributed by atoms with E-state index < -0.39 is 28.5 Å². The van der Waals surface area contributed by atoms with Gasteiger partial charge in [0.15, 0.2) is 0 Å². The molecule has 236 valence electrons. The number of hydrogen-bond acceptors (Lipinski definition) is 4. The van der Waals surface area contributed by atoms with Gasteiger partial charge in [-0.3, -0.25) is 13.9 Å². The van der Waals surface area contributed by atoms with E-state index in [4.69, 9.17) is 23.2 Å². The second-order valence-electron chi connectivity index (χ2n) is 10.6. The molecule has 0 bridgehead atoms. The lowest BCUT2D eigenvalue weighted by molar-refractivity contribution is -0.140. The molecule has 4 aromatic rings. The van der Waals surface area contributed by atoms with Gasteiger partial charge in [0.05, 0.1) is 20.6 Å². The third-order valence-corrected chi connectivity index (χ3v) is 10.5. The average molecular weight is 732 g/mol. The maximum atomic E-state index is 14.5.